The number of aryl methyl sites for hydroxylation is 1. The van der Waals surface area contributed by atoms with Gasteiger partial charge >= 0.3 is 18.0 Å². The third-order valence-electron chi connectivity index (χ3n) is 7.39. The van der Waals surface area contributed by atoms with E-state index in [4.69, 9.17) is 5.84 Å². The molecule has 4 amide bonds. The zero-order valence-electron chi connectivity index (χ0n) is 21.2. The number of amides is 4. The van der Waals surface area contributed by atoms with Crippen LogP contribution in [0.4, 0.5) is 9.59 Å². The molecule has 0 bridgehead atoms. The number of benzene rings is 1. The first kappa shape index (κ1) is 26.0. The van der Waals surface area contributed by atoms with E-state index in [1.807, 2.05) is 31.2 Å². The van der Waals surface area contributed by atoms with E-state index in [1.165, 1.54) is 30.4 Å². The number of carboxylic acids is 1. The summed E-state index contributed by atoms with van der Waals surface area (Å²) < 4.78 is 0. The molecule has 196 valence electrons. The molecule has 10 nitrogen and oxygen atoms in total. The summed E-state index contributed by atoms with van der Waals surface area (Å²) in [7, 11) is 0. The van der Waals surface area contributed by atoms with Gasteiger partial charge in [0.15, 0.2) is 6.29 Å². The summed E-state index contributed by atoms with van der Waals surface area (Å²) in [4.78, 5) is 42.9. The van der Waals surface area contributed by atoms with Crippen molar-refractivity contribution in [2.24, 2.45) is 11.8 Å². The van der Waals surface area contributed by atoms with Gasteiger partial charge in [-0.15, -0.1) is 0 Å². The standard InChI is InChI=1S/C26H38N6O4/c1-18-8-10-20(11-9-18)17-30-24(32(27)26(36)31(25(30)35)16-19(2)23(33)34)28-21-12-14-29(15-13-21)22-6-4-3-5-7-22/h6,8-11,19,21,24,28H,3-5,7,12-17,27H2,1-2H3,(H,33,34)/t19-,24?/m0/s1. The highest BCUT2D eigenvalue weighted by molar-refractivity contribution is 5.96. The van der Waals surface area contributed by atoms with Crippen LogP contribution in [0.25, 0.3) is 0 Å². The van der Waals surface area contributed by atoms with E-state index in [0.29, 0.717) is 0 Å². The highest BCUT2D eigenvalue weighted by Crippen LogP contribution is 2.26. The number of urea groups is 2. The van der Waals surface area contributed by atoms with Gasteiger partial charge in [-0.3, -0.25) is 15.0 Å². The fourth-order valence-corrected chi connectivity index (χ4v) is 5.11. The monoisotopic (exact) mass is 498 g/mol. The van der Waals surface area contributed by atoms with Crippen LogP contribution in [0.1, 0.15) is 56.6 Å². The summed E-state index contributed by atoms with van der Waals surface area (Å²) >= 11 is 0. The maximum absolute atomic E-state index is 13.5. The second kappa shape index (κ2) is 11.3. The van der Waals surface area contributed by atoms with Crippen LogP contribution in [0.3, 0.4) is 0 Å². The highest BCUT2D eigenvalue weighted by atomic mass is 16.4. The fourth-order valence-electron chi connectivity index (χ4n) is 5.11. The number of nitrogens with two attached hydrogens (primary N) is 1. The first-order valence-electron chi connectivity index (χ1n) is 12.9. The van der Waals surface area contributed by atoms with E-state index in [1.54, 1.807) is 0 Å². The molecule has 2 fully saturated rings. The second-order valence-corrected chi connectivity index (χ2v) is 10.2. The maximum atomic E-state index is 13.5. The number of hydrazine groups is 1. The van der Waals surface area contributed by atoms with Crippen molar-refractivity contribution in [2.75, 3.05) is 19.6 Å². The number of allylic oxidation sites excluding steroid dienone is 2. The minimum atomic E-state index is -1.08. The number of imide groups is 1. The molecule has 4 rings (SSSR count). The number of nitrogens with one attached hydrogen (secondary N) is 1. The summed E-state index contributed by atoms with van der Waals surface area (Å²) in [5.74, 6) is 4.29. The zero-order valence-corrected chi connectivity index (χ0v) is 21.2. The first-order chi connectivity index (χ1) is 17.2. The van der Waals surface area contributed by atoms with Gasteiger partial charge in [-0.2, -0.15) is 0 Å². The number of rotatable bonds is 8. The van der Waals surface area contributed by atoms with E-state index in [9.17, 15) is 19.5 Å². The van der Waals surface area contributed by atoms with Crippen LogP contribution in [-0.2, 0) is 11.3 Å². The molecule has 2 atom stereocenters. The van der Waals surface area contributed by atoms with Gasteiger partial charge in [-0.05, 0) is 51.0 Å². The largest absolute Gasteiger partial charge is 0.481 e. The molecule has 36 heavy (non-hydrogen) atoms. The van der Waals surface area contributed by atoms with Crippen molar-refractivity contribution >= 4 is 18.0 Å². The topological polar surface area (TPSA) is 122 Å². The smallest absolute Gasteiger partial charge is 0.345 e. The molecule has 0 aromatic heterocycles. The van der Waals surface area contributed by atoms with Crippen molar-refractivity contribution in [1.82, 2.24) is 25.0 Å². The normalized spacial score (nSPS) is 22.6. The van der Waals surface area contributed by atoms with Crippen LogP contribution >= 0.6 is 0 Å². The molecule has 2 aliphatic heterocycles. The Morgan fingerprint density at radius 1 is 1.14 bits per heavy atom. The van der Waals surface area contributed by atoms with Crippen molar-refractivity contribution < 1.29 is 19.5 Å². The van der Waals surface area contributed by atoms with Crippen LogP contribution in [0.5, 0.6) is 0 Å². The van der Waals surface area contributed by atoms with Gasteiger partial charge in [0.2, 0.25) is 0 Å². The van der Waals surface area contributed by atoms with E-state index >= 15 is 0 Å². The summed E-state index contributed by atoms with van der Waals surface area (Å²) in [6.07, 6.45) is 8.06. The summed E-state index contributed by atoms with van der Waals surface area (Å²) in [6.45, 7) is 5.29. The molecule has 1 aromatic carbocycles. The molecular formula is C26H38N6O4. The Bertz CT molecular complexity index is 989. The molecule has 1 unspecified atom stereocenters. The first-order valence-corrected chi connectivity index (χ1v) is 12.9. The lowest BCUT2D eigenvalue weighted by Gasteiger charge is -2.47. The number of carbonyl (C=O) groups excluding carboxylic acids is 2. The van der Waals surface area contributed by atoms with Gasteiger partial charge in [-0.1, -0.05) is 42.8 Å². The summed E-state index contributed by atoms with van der Waals surface area (Å²) in [5.41, 5.74) is 3.44. The lowest BCUT2D eigenvalue weighted by molar-refractivity contribution is -0.141. The Labute approximate surface area is 212 Å². The molecular weight excluding hydrogens is 460 g/mol. The number of likely N-dealkylation sites (tertiary alicyclic amines) is 1. The van der Waals surface area contributed by atoms with Crippen molar-refractivity contribution in [3.8, 4) is 0 Å². The van der Waals surface area contributed by atoms with Gasteiger partial charge in [0, 0.05) is 31.4 Å². The minimum Gasteiger partial charge on any atom is -0.481 e. The molecule has 0 radical (unpaired) electrons. The number of aliphatic carboxylic acids is 1. The van der Waals surface area contributed by atoms with Crippen LogP contribution in [0, 0.1) is 12.8 Å². The molecule has 0 spiro atoms. The van der Waals surface area contributed by atoms with E-state index in [-0.39, 0.29) is 19.1 Å². The number of hydrogen-bond acceptors (Lipinski definition) is 6. The molecule has 3 aliphatic rings. The molecule has 1 aromatic rings. The van der Waals surface area contributed by atoms with Crippen molar-refractivity contribution in [2.45, 2.75) is 71.2 Å². The Hall–Kier alpha value is -3.11. The number of nitrogens with zero attached hydrogens (tertiary/aromatic N) is 4. The van der Waals surface area contributed by atoms with Crippen LogP contribution in [0.2, 0.25) is 0 Å². The average molecular weight is 499 g/mol. The molecule has 1 aliphatic carbocycles. The second-order valence-electron chi connectivity index (χ2n) is 10.2. The van der Waals surface area contributed by atoms with Gasteiger partial charge in [0.05, 0.1) is 12.5 Å². The third-order valence-corrected chi connectivity index (χ3v) is 7.39. The Morgan fingerprint density at radius 3 is 2.44 bits per heavy atom. The number of piperidine rings is 1. The van der Waals surface area contributed by atoms with Gasteiger partial charge in [0.25, 0.3) is 0 Å². The van der Waals surface area contributed by atoms with Gasteiger partial charge < -0.3 is 10.0 Å². The van der Waals surface area contributed by atoms with E-state index in [0.717, 1.165) is 59.8 Å². The third kappa shape index (κ3) is 5.82. The minimum absolute atomic E-state index is 0.0899. The van der Waals surface area contributed by atoms with E-state index < -0.39 is 30.2 Å². The molecule has 2 heterocycles. The molecule has 0 saturated carbocycles. The molecule has 10 heteroatoms. The molecule has 4 N–H and O–H groups in total. The lowest BCUT2D eigenvalue weighted by atomic mass is 9.99. The number of hydrogen-bond donors (Lipinski definition) is 3. The van der Waals surface area contributed by atoms with Gasteiger partial charge in [0.1, 0.15) is 0 Å². The van der Waals surface area contributed by atoms with E-state index in [2.05, 4.69) is 16.3 Å². The number of carbonyl (C=O) groups is 3. The summed E-state index contributed by atoms with van der Waals surface area (Å²) in [6, 6.07) is 6.67. The van der Waals surface area contributed by atoms with Gasteiger partial charge in [-0.25, -0.2) is 25.3 Å². The van der Waals surface area contributed by atoms with Crippen molar-refractivity contribution in [3.05, 3.63) is 47.2 Å². The average Bonchev–Trinajstić information content (AvgIpc) is 2.89. The number of carboxylic acid groups (broad SMARTS) is 1. The SMILES string of the molecule is Cc1ccc(CN2C(=O)N(C[C@H](C)C(=O)O)C(=O)N(N)C2NC2CCN(C3=CCCCC3)CC2)cc1. The predicted molar refractivity (Wildman–Crippen MR) is 135 cm³/mol. The lowest BCUT2D eigenvalue weighted by Crippen LogP contribution is -2.73. The summed E-state index contributed by atoms with van der Waals surface area (Å²) in [5, 5.41) is 13.8. The van der Waals surface area contributed by atoms with Crippen molar-refractivity contribution in [3.63, 3.8) is 0 Å². The van der Waals surface area contributed by atoms with Crippen molar-refractivity contribution in [1.29, 1.82) is 0 Å². The highest BCUT2D eigenvalue weighted by Gasteiger charge is 2.45. The molecule has 2 saturated heterocycles. The van der Waals surface area contributed by atoms with Crippen LogP contribution in [0.15, 0.2) is 36.0 Å². The Kier molecular flexibility index (Phi) is 8.15. The Morgan fingerprint density at radius 2 is 1.83 bits per heavy atom. The quantitative estimate of drug-likeness (QED) is 0.372. The zero-order chi connectivity index (χ0) is 25.8. The predicted octanol–water partition coefficient (Wildman–Crippen LogP) is 3.04. The maximum Gasteiger partial charge on any atom is 0.345 e. The van der Waals surface area contributed by atoms with Crippen LogP contribution in [-0.4, -0.2) is 74.8 Å². The van der Waals surface area contributed by atoms with Crippen LogP contribution < -0.4 is 11.2 Å². The fraction of sp³-hybridized carbons (Fsp3) is 0.577. The Balaban J connectivity index is 1.50.